The zero-order chi connectivity index (χ0) is 15.7. The standard InChI is InChI=1S/C13H14BrNO4S/c1-5-13(3,4)15-20(18,19)10-7-9(12(16)17)6-8(2)11(10)14/h1,6-7,15H,2-4H3,(H,16,17). The fourth-order valence-corrected chi connectivity index (χ4v) is 3.86. The minimum Gasteiger partial charge on any atom is -0.478 e. The first-order valence-electron chi connectivity index (χ1n) is 5.55. The third kappa shape index (κ3) is 3.60. The lowest BCUT2D eigenvalue weighted by atomic mass is 10.1. The van der Waals surface area contributed by atoms with Crippen LogP contribution >= 0.6 is 15.9 Å². The Hall–Kier alpha value is -1.36. The lowest BCUT2D eigenvalue weighted by Crippen LogP contribution is -2.42. The average molecular weight is 360 g/mol. The molecule has 0 spiro atoms. The SMILES string of the molecule is C#CC(C)(C)NS(=O)(=O)c1cc(C(=O)O)cc(C)c1Br. The van der Waals surface area contributed by atoms with Gasteiger partial charge in [-0.15, -0.1) is 6.42 Å². The van der Waals surface area contributed by atoms with E-state index in [-0.39, 0.29) is 10.5 Å². The van der Waals surface area contributed by atoms with Gasteiger partial charge in [-0.1, -0.05) is 5.92 Å². The van der Waals surface area contributed by atoms with Gasteiger partial charge in [-0.05, 0) is 54.4 Å². The van der Waals surface area contributed by atoms with E-state index in [9.17, 15) is 13.2 Å². The Morgan fingerprint density at radius 2 is 2.00 bits per heavy atom. The number of rotatable bonds is 4. The van der Waals surface area contributed by atoms with Crippen LogP contribution in [0.5, 0.6) is 0 Å². The number of aromatic carboxylic acids is 1. The van der Waals surface area contributed by atoms with Crippen molar-refractivity contribution in [3.05, 3.63) is 27.7 Å². The van der Waals surface area contributed by atoms with Crippen molar-refractivity contribution in [3.63, 3.8) is 0 Å². The maximum Gasteiger partial charge on any atom is 0.335 e. The summed E-state index contributed by atoms with van der Waals surface area (Å²) < 4.78 is 27.3. The Morgan fingerprint density at radius 1 is 1.45 bits per heavy atom. The molecule has 0 saturated heterocycles. The van der Waals surface area contributed by atoms with Gasteiger partial charge in [0.2, 0.25) is 10.0 Å². The van der Waals surface area contributed by atoms with Crippen LogP contribution in [0.4, 0.5) is 0 Å². The highest BCUT2D eigenvalue weighted by Crippen LogP contribution is 2.28. The molecule has 20 heavy (non-hydrogen) atoms. The van der Waals surface area contributed by atoms with E-state index in [2.05, 4.69) is 26.6 Å². The Labute approximate surface area is 126 Å². The minimum absolute atomic E-state index is 0.107. The highest BCUT2D eigenvalue weighted by molar-refractivity contribution is 9.10. The van der Waals surface area contributed by atoms with Crippen LogP contribution < -0.4 is 4.72 Å². The van der Waals surface area contributed by atoms with Crippen LogP contribution in [0.1, 0.15) is 29.8 Å². The number of benzene rings is 1. The second-order valence-corrected chi connectivity index (χ2v) is 7.23. The molecule has 0 amide bonds. The maximum absolute atomic E-state index is 12.3. The van der Waals surface area contributed by atoms with Gasteiger partial charge in [0.25, 0.3) is 0 Å². The van der Waals surface area contributed by atoms with Gasteiger partial charge in [0.15, 0.2) is 0 Å². The summed E-state index contributed by atoms with van der Waals surface area (Å²) in [6.07, 6.45) is 5.25. The van der Waals surface area contributed by atoms with E-state index in [1.165, 1.54) is 19.9 Å². The monoisotopic (exact) mass is 359 g/mol. The number of nitrogens with one attached hydrogen (secondary N) is 1. The minimum atomic E-state index is -3.94. The Morgan fingerprint density at radius 3 is 2.45 bits per heavy atom. The molecule has 0 unspecified atom stereocenters. The molecule has 0 aliphatic rings. The smallest absolute Gasteiger partial charge is 0.335 e. The number of halogens is 1. The number of terminal acetylenes is 1. The quantitative estimate of drug-likeness (QED) is 0.806. The van der Waals surface area contributed by atoms with Crippen molar-refractivity contribution in [2.24, 2.45) is 0 Å². The number of sulfonamides is 1. The Balaban J connectivity index is 3.47. The molecule has 108 valence electrons. The molecule has 0 heterocycles. The van der Waals surface area contributed by atoms with Gasteiger partial charge in [0.1, 0.15) is 0 Å². The van der Waals surface area contributed by atoms with Gasteiger partial charge in [-0.2, -0.15) is 4.72 Å². The van der Waals surface area contributed by atoms with Crippen molar-refractivity contribution in [3.8, 4) is 12.3 Å². The van der Waals surface area contributed by atoms with Crippen LogP contribution in [0.3, 0.4) is 0 Å². The third-order valence-electron chi connectivity index (χ3n) is 2.51. The molecule has 0 radical (unpaired) electrons. The molecular formula is C13H14BrNO4S. The van der Waals surface area contributed by atoms with E-state index in [1.807, 2.05) is 0 Å². The van der Waals surface area contributed by atoms with E-state index in [1.54, 1.807) is 6.92 Å². The van der Waals surface area contributed by atoms with E-state index >= 15 is 0 Å². The van der Waals surface area contributed by atoms with Crippen LogP contribution in [0, 0.1) is 19.3 Å². The second kappa shape index (κ2) is 5.56. The fourth-order valence-electron chi connectivity index (χ4n) is 1.48. The molecule has 0 atom stereocenters. The normalized spacial score (nSPS) is 11.9. The average Bonchev–Trinajstić information content (AvgIpc) is 2.30. The first-order valence-corrected chi connectivity index (χ1v) is 7.83. The highest BCUT2D eigenvalue weighted by atomic mass is 79.9. The zero-order valence-corrected chi connectivity index (χ0v) is 13.6. The van der Waals surface area contributed by atoms with Gasteiger partial charge in [0, 0.05) is 4.47 Å². The van der Waals surface area contributed by atoms with Crippen molar-refractivity contribution in [1.82, 2.24) is 4.72 Å². The summed E-state index contributed by atoms with van der Waals surface area (Å²) in [5.41, 5.74) is -0.681. The van der Waals surface area contributed by atoms with Gasteiger partial charge in [0.05, 0.1) is 16.0 Å². The molecule has 0 bridgehead atoms. The Bertz CT molecular complexity index is 702. The summed E-state index contributed by atoms with van der Waals surface area (Å²) in [6.45, 7) is 4.68. The highest BCUT2D eigenvalue weighted by Gasteiger charge is 2.27. The number of hydrogen-bond acceptors (Lipinski definition) is 3. The second-order valence-electron chi connectivity index (χ2n) is 4.79. The largest absolute Gasteiger partial charge is 0.478 e. The van der Waals surface area contributed by atoms with Crippen LogP contribution in [0.2, 0.25) is 0 Å². The molecular weight excluding hydrogens is 346 g/mol. The van der Waals surface area contributed by atoms with E-state index in [4.69, 9.17) is 11.5 Å². The lowest BCUT2D eigenvalue weighted by Gasteiger charge is -2.20. The van der Waals surface area contributed by atoms with E-state index in [0.29, 0.717) is 10.0 Å². The summed E-state index contributed by atoms with van der Waals surface area (Å²) in [5.74, 6) is 1.12. The molecule has 5 nitrogen and oxygen atoms in total. The Kier molecular flexibility index (Phi) is 4.64. The van der Waals surface area contributed by atoms with Crippen LogP contribution in [-0.2, 0) is 10.0 Å². The van der Waals surface area contributed by atoms with Crippen molar-refractivity contribution in [1.29, 1.82) is 0 Å². The molecule has 0 aliphatic heterocycles. The number of carboxylic acid groups (broad SMARTS) is 1. The number of carbonyl (C=O) groups is 1. The molecule has 0 fully saturated rings. The van der Waals surface area contributed by atoms with Crippen LogP contribution in [0.15, 0.2) is 21.5 Å². The van der Waals surface area contributed by atoms with Gasteiger partial charge >= 0.3 is 5.97 Å². The summed E-state index contributed by atoms with van der Waals surface area (Å²) in [6, 6.07) is 2.48. The van der Waals surface area contributed by atoms with Crippen molar-refractivity contribution < 1.29 is 18.3 Å². The van der Waals surface area contributed by atoms with Crippen molar-refractivity contribution in [2.75, 3.05) is 0 Å². The molecule has 2 N–H and O–H groups in total. The first kappa shape index (κ1) is 16.7. The number of aryl methyl sites for hydroxylation is 1. The summed E-state index contributed by atoms with van der Waals surface area (Å²) in [4.78, 5) is 10.9. The topological polar surface area (TPSA) is 83.5 Å². The van der Waals surface area contributed by atoms with Crippen molar-refractivity contribution in [2.45, 2.75) is 31.2 Å². The predicted octanol–water partition coefficient (Wildman–Crippen LogP) is 2.15. The van der Waals surface area contributed by atoms with Gasteiger partial charge < -0.3 is 5.11 Å². The summed E-state index contributed by atoms with van der Waals surface area (Å²) in [5, 5.41) is 9.01. The molecule has 1 aromatic rings. The van der Waals surface area contributed by atoms with Crippen LogP contribution in [0.25, 0.3) is 0 Å². The lowest BCUT2D eigenvalue weighted by molar-refractivity contribution is 0.0696. The molecule has 1 rings (SSSR count). The van der Waals surface area contributed by atoms with Crippen LogP contribution in [-0.4, -0.2) is 25.0 Å². The predicted molar refractivity (Wildman–Crippen MR) is 79.1 cm³/mol. The molecule has 0 aromatic heterocycles. The number of hydrogen-bond donors (Lipinski definition) is 2. The number of carboxylic acids is 1. The van der Waals surface area contributed by atoms with Gasteiger partial charge in [-0.25, -0.2) is 13.2 Å². The third-order valence-corrected chi connectivity index (χ3v) is 5.50. The van der Waals surface area contributed by atoms with E-state index in [0.717, 1.165) is 6.07 Å². The van der Waals surface area contributed by atoms with Crippen molar-refractivity contribution >= 4 is 31.9 Å². The molecule has 0 aliphatic carbocycles. The molecule has 1 aromatic carbocycles. The summed E-state index contributed by atoms with van der Waals surface area (Å²) in [7, 11) is -3.94. The molecule has 0 saturated carbocycles. The van der Waals surface area contributed by atoms with Gasteiger partial charge in [-0.3, -0.25) is 0 Å². The first-order chi connectivity index (χ1) is 9.00. The fraction of sp³-hybridized carbons (Fsp3) is 0.308. The summed E-state index contributed by atoms with van der Waals surface area (Å²) >= 11 is 3.16. The molecule has 7 heteroatoms. The maximum atomic E-state index is 12.3. The van der Waals surface area contributed by atoms with E-state index < -0.39 is 21.5 Å². The zero-order valence-electron chi connectivity index (χ0n) is 11.2.